The minimum absolute atomic E-state index is 0. The van der Waals surface area contributed by atoms with Crippen LogP contribution in [-0.2, 0) is 9.53 Å². The smallest absolute Gasteiger partial charge is 0.241 e. The van der Waals surface area contributed by atoms with Gasteiger partial charge >= 0.3 is 0 Å². The summed E-state index contributed by atoms with van der Waals surface area (Å²) in [4.78, 5) is 13.8. The average Bonchev–Trinajstić information content (AvgIpc) is 2.56. The predicted octanol–water partition coefficient (Wildman–Crippen LogP) is 1.56. The standard InChI is InChI=1S/C12H24N2O2.ClH/c1-14(12(15)11(13)9-16-2)10-7-5-3-4-6-8-10;/h10-11H,3-9,13H2,1-2H3;1H. The Bertz CT molecular complexity index is 219. The van der Waals surface area contributed by atoms with Crippen molar-refractivity contribution in [3.05, 3.63) is 0 Å². The van der Waals surface area contributed by atoms with Crippen molar-refractivity contribution in [2.75, 3.05) is 20.8 Å². The number of halogens is 1. The third kappa shape index (κ3) is 5.23. The van der Waals surface area contributed by atoms with Crippen molar-refractivity contribution < 1.29 is 9.53 Å². The summed E-state index contributed by atoms with van der Waals surface area (Å²) in [5.74, 6) is 0.00810. The molecule has 0 bridgehead atoms. The van der Waals surface area contributed by atoms with Crippen LogP contribution in [-0.4, -0.2) is 43.7 Å². The number of nitrogens with two attached hydrogens (primary N) is 1. The summed E-state index contributed by atoms with van der Waals surface area (Å²) in [6.07, 6.45) is 7.26. The van der Waals surface area contributed by atoms with Crippen molar-refractivity contribution in [1.82, 2.24) is 4.90 Å². The lowest BCUT2D eigenvalue weighted by Crippen LogP contribution is -2.48. The SMILES string of the molecule is COCC(N)C(=O)N(C)C1CCCCCC1.Cl. The van der Waals surface area contributed by atoms with E-state index in [1.807, 2.05) is 11.9 Å². The molecule has 1 aliphatic rings. The van der Waals surface area contributed by atoms with Crippen LogP contribution in [0.25, 0.3) is 0 Å². The number of likely N-dealkylation sites (N-methyl/N-ethyl adjacent to an activating group) is 1. The number of ether oxygens (including phenoxy) is 1. The average molecular weight is 265 g/mol. The van der Waals surface area contributed by atoms with Gasteiger partial charge in [0.05, 0.1) is 6.61 Å². The highest BCUT2D eigenvalue weighted by Crippen LogP contribution is 2.21. The lowest BCUT2D eigenvalue weighted by molar-refractivity contribution is -0.134. The van der Waals surface area contributed by atoms with Gasteiger partial charge in [0.2, 0.25) is 5.91 Å². The molecule has 1 fully saturated rings. The third-order valence-electron chi connectivity index (χ3n) is 3.38. The second kappa shape index (κ2) is 8.72. The molecule has 1 saturated carbocycles. The van der Waals surface area contributed by atoms with E-state index in [0.29, 0.717) is 12.6 Å². The molecule has 1 rings (SSSR count). The van der Waals surface area contributed by atoms with E-state index in [2.05, 4.69) is 0 Å². The molecule has 0 heterocycles. The fraction of sp³-hybridized carbons (Fsp3) is 0.917. The van der Waals surface area contributed by atoms with E-state index in [1.165, 1.54) is 25.7 Å². The van der Waals surface area contributed by atoms with Gasteiger partial charge in [0.25, 0.3) is 0 Å². The van der Waals surface area contributed by atoms with Crippen molar-refractivity contribution >= 4 is 18.3 Å². The van der Waals surface area contributed by atoms with Crippen LogP contribution in [0.5, 0.6) is 0 Å². The van der Waals surface area contributed by atoms with Gasteiger partial charge < -0.3 is 15.4 Å². The largest absolute Gasteiger partial charge is 0.383 e. The van der Waals surface area contributed by atoms with Gasteiger partial charge in [0, 0.05) is 20.2 Å². The Morgan fingerprint density at radius 1 is 1.35 bits per heavy atom. The molecule has 1 amide bonds. The molecule has 0 aliphatic heterocycles. The summed E-state index contributed by atoms with van der Waals surface area (Å²) in [5.41, 5.74) is 5.76. The minimum atomic E-state index is -0.516. The summed E-state index contributed by atoms with van der Waals surface area (Å²) in [6.45, 7) is 0.301. The number of hydrogen-bond acceptors (Lipinski definition) is 3. The van der Waals surface area contributed by atoms with Crippen LogP contribution >= 0.6 is 12.4 Å². The minimum Gasteiger partial charge on any atom is -0.383 e. The van der Waals surface area contributed by atoms with E-state index in [0.717, 1.165) is 12.8 Å². The molecular formula is C12H25ClN2O2. The molecule has 0 aromatic heterocycles. The molecule has 0 spiro atoms. The second-order valence-electron chi connectivity index (χ2n) is 4.66. The fourth-order valence-electron chi connectivity index (χ4n) is 2.34. The summed E-state index contributed by atoms with van der Waals surface area (Å²) in [5, 5.41) is 0. The number of carbonyl (C=O) groups excluding carboxylic acids is 1. The van der Waals surface area contributed by atoms with Crippen LogP contribution in [0.1, 0.15) is 38.5 Å². The molecule has 0 aromatic rings. The van der Waals surface area contributed by atoms with E-state index in [9.17, 15) is 4.79 Å². The second-order valence-corrected chi connectivity index (χ2v) is 4.66. The predicted molar refractivity (Wildman–Crippen MR) is 71.4 cm³/mol. The molecule has 1 unspecified atom stereocenters. The molecule has 5 heteroatoms. The van der Waals surface area contributed by atoms with E-state index in [4.69, 9.17) is 10.5 Å². The number of amides is 1. The number of rotatable bonds is 4. The van der Waals surface area contributed by atoms with Crippen molar-refractivity contribution in [2.45, 2.75) is 50.6 Å². The van der Waals surface area contributed by atoms with Gasteiger partial charge in [-0.2, -0.15) is 0 Å². The first-order valence-corrected chi connectivity index (χ1v) is 6.18. The molecule has 17 heavy (non-hydrogen) atoms. The maximum absolute atomic E-state index is 12.0. The summed E-state index contributed by atoms with van der Waals surface area (Å²) in [6, 6.07) is -0.142. The first-order chi connectivity index (χ1) is 7.66. The fourth-order valence-corrected chi connectivity index (χ4v) is 2.34. The number of nitrogens with zero attached hydrogens (tertiary/aromatic N) is 1. The summed E-state index contributed by atoms with van der Waals surface area (Å²) in [7, 11) is 3.44. The van der Waals surface area contributed by atoms with Gasteiger partial charge in [-0.3, -0.25) is 4.79 Å². The maximum atomic E-state index is 12.0. The zero-order valence-electron chi connectivity index (χ0n) is 10.9. The lowest BCUT2D eigenvalue weighted by Gasteiger charge is -2.29. The van der Waals surface area contributed by atoms with Crippen LogP contribution in [0.4, 0.5) is 0 Å². The Morgan fingerprint density at radius 3 is 2.35 bits per heavy atom. The van der Waals surface area contributed by atoms with Crippen molar-refractivity contribution in [2.24, 2.45) is 5.73 Å². The van der Waals surface area contributed by atoms with Crippen LogP contribution < -0.4 is 5.73 Å². The first-order valence-electron chi connectivity index (χ1n) is 6.18. The Kier molecular flexibility index (Phi) is 8.56. The highest BCUT2D eigenvalue weighted by atomic mass is 35.5. The molecule has 0 aromatic carbocycles. The molecule has 4 nitrogen and oxygen atoms in total. The van der Waals surface area contributed by atoms with Crippen molar-refractivity contribution in [1.29, 1.82) is 0 Å². The Morgan fingerprint density at radius 2 is 1.88 bits per heavy atom. The van der Waals surface area contributed by atoms with Crippen molar-refractivity contribution in [3.8, 4) is 0 Å². The Labute approximate surface area is 110 Å². The molecule has 0 radical (unpaired) electrons. The quantitative estimate of drug-likeness (QED) is 0.784. The van der Waals surface area contributed by atoms with Crippen LogP contribution in [0, 0.1) is 0 Å². The molecule has 102 valence electrons. The highest BCUT2D eigenvalue weighted by molar-refractivity contribution is 5.85. The number of hydrogen-bond donors (Lipinski definition) is 1. The molecule has 1 atom stereocenters. The summed E-state index contributed by atoms with van der Waals surface area (Å²) < 4.78 is 4.91. The third-order valence-corrected chi connectivity index (χ3v) is 3.38. The van der Waals surface area contributed by atoms with Crippen LogP contribution in [0.15, 0.2) is 0 Å². The monoisotopic (exact) mass is 264 g/mol. The van der Waals surface area contributed by atoms with Gasteiger partial charge in [-0.25, -0.2) is 0 Å². The van der Waals surface area contributed by atoms with Gasteiger partial charge in [-0.05, 0) is 12.8 Å². The lowest BCUT2D eigenvalue weighted by atomic mass is 10.1. The summed E-state index contributed by atoms with van der Waals surface area (Å²) >= 11 is 0. The van der Waals surface area contributed by atoms with E-state index in [-0.39, 0.29) is 18.3 Å². The van der Waals surface area contributed by atoms with Crippen LogP contribution in [0.3, 0.4) is 0 Å². The van der Waals surface area contributed by atoms with Gasteiger partial charge in [0.15, 0.2) is 0 Å². The Balaban J connectivity index is 0.00000256. The zero-order valence-corrected chi connectivity index (χ0v) is 11.7. The van der Waals surface area contributed by atoms with E-state index >= 15 is 0 Å². The Hall–Kier alpha value is -0.320. The molecular weight excluding hydrogens is 240 g/mol. The van der Waals surface area contributed by atoms with Crippen molar-refractivity contribution in [3.63, 3.8) is 0 Å². The van der Waals surface area contributed by atoms with Gasteiger partial charge in [0.1, 0.15) is 6.04 Å². The van der Waals surface area contributed by atoms with E-state index in [1.54, 1.807) is 7.11 Å². The van der Waals surface area contributed by atoms with Crippen LogP contribution in [0.2, 0.25) is 0 Å². The number of methoxy groups -OCH3 is 1. The zero-order chi connectivity index (χ0) is 12.0. The van der Waals surface area contributed by atoms with Gasteiger partial charge in [-0.15, -0.1) is 12.4 Å². The maximum Gasteiger partial charge on any atom is 0.241 e. The first kappa shape index (κ1) is 16.7. The van der Waals surface area contributed by atoms with E-state index < -0.39 is 6.04 Å². The topological polar surface area (TPSA) is 55.6 Å². The number of carbonyl (C=O) groups is 1. The molecule has 1 aliphatic carbocycles. The molecule has 0 saturated heterocycles. The van der Waals surface area contributed by atoms with Gasteiger partial charge in [-0.1, -0.05) is 25.7 Å². The molecule has 2 N–H and O–H groups in total. The normalized spacial score (nSPS) is 19.0. The highest BCUT2D eigenvalue weighted by Gasteiger charge is 2.24.